The Hall–Kier alpha value is -1.52. The number of ether oxygens (including phenoxy) is 6. The number of aliphatic hydroxyl groups excluding tert-OH is 4. The highest BCUT2D eigenvalue weighted by Crippen LogP contribution is 2.69. The highest BCUT2D eigenvalue weighted by Gasteiger charge is 2.68. The lowest BCUT2D eigenvalue weighted by Crippen LogP contribution is -2.63. The summed E-state index contributed by atoms with van der Waals surface area (Å²) in [6.07, 6.45) is 0.732. The van der Waals surface area contributed by atoms with Gasteiger partial charge in [0.1, 0.15) is 43.4 Å². The molecule has 4 aliphatic carbocycles. The molecule has 5 N–H and O–H groups in total. The maximum atomic E-state index is 13.2. The molecule has 3 aliphatic heterocycles. The van der Waals surface area contributed by atoms with E-state index in [1.807, 2.05) is 0 Å². The molecule has 13 heteroatoms. The van der Waals surface area contributed by atoms with E-state index >= 15 is 0 Å². The van der Waals surface area contributed by atoms with Crippen molar-refractivity contribution in [2.24, 2.45) is 34.5 Å². The summed E-state index contributed by atoms with van der Waals surface area (Å²) in [6.45, 7) is 3.75. The van der Waals surface area contributed by atoms with Crippen molar-refractivity contribution in [1.82, 2.24) is 0 Å². The van der Waals surface area contributed by atoms with Crippen LogP contribution in [-0.2, 0) is 38.0 Å². The van der Waals surface area contributed by atoms with Crippen LogP contribution in [0.2, 0.25) is 0 Å². The summed E-state index contributed by atoms with van der Waals surface area (Å²) in [7, 11) is 1.55. The zero-order chi connectivity index (χ0) is 34.9. The molecule has 3 heterocycles. The number of aliphatic hydroxyl groups is 5. The molecule has 0 aromatic rings. The van der Waals surface area contributed by atoms with Gasteiger partial charge >= 0.3 is 5.97 Å². The van der Waals surface area contributed by atoms with Gasteiger partial charge in [0.25, 0.3) is 0 Å². The number of hydrogen-bond donors (Lipinski definition) is 5. The summed E-state index contributed by atoms with van der Waals surface area (Å²) in [5, 5.41) is 52.9. The maximum absolute atomic E-state index is 13.2. The second kappa shape index (κ2) is 13.5. The Bertz CT molecular complexity index is 1280. The van der Waals surface area contributed by atoms with Crippen molar-refractivity contribution in [3.63, 3.8) is 0 Å². The van der Waals surface area contributed by atoms with Crippen molar-refractivity contribution in [3.8, 4) is 0 Å². The third kappa shape index (κ3) is 5.75. The fourth-order valence-corrected chi connectivity index (χ4v) is 11.5. The normalized spacial score (nSPS) is 52.8. The molecule has 0 amide bonds. The van der Waals surface area contributed by atoms with E-state index < -0.39 is 72.9 Å². The zero-order valence-corrected chi connectivity index (χ0v) is 28.7. The molecule has 1 unspecified atom stereocenters. The Labute approximate surface area is 287 Å². The van der Waals surface area contributed by atoms with Crippen LogP contribution in [0.5, 0.6) is 0 Å². The molecule has 7 rings (SSSR count). The van der Waals surface area contributed by atoms with Crippen LogP contribution < -0.4 is 0 Å². The van der Waals surface area contributed by atoms with Gasteiger partial charge in [-0.05, 0) is 94.0 Å². The first-order chi connectivity index (χ1) is 23.4. The van der Waals surface area contributed by atoms with Crippen LogP contribution in [0, 0.1) is 34.5 Å². The molecular weight excluding hydrogens is 640 g/mol. The van der Waals surface area contributed by atoms with Gasteiger partial charge in [-0.25, -0.2) is 4.79 Å². The van der Waals surface area contributed by atoms with Gasteiger partial charge in [-0.1, -0.05) is 6.92 Å². The molecule has 17 atom stereocenters. The van der Waals surface area contributed by atoms with Crippen LogP contribution in [0.15, 0.2) is 11.6 Å². The van der Waals surface area contributed by atoms with Gasteiger partial charge < -0.3 is 58.7 Å². The van der Waals surface area contributed by atoms with Gasteiger partial charge in [0, 0.05) is 30.4 Å². The number of fused-ring (bicyclic) bond motifs is 5. The van der Waals surface area contributed by atoms with Crippen LogP contribution >= 0.6 is 0 Å². The van der Waals surface area contributed by atoms with E-state index in [9.17, 15) is 35.1 Å². The van der Waals surface area contributed by atoms with E-state index in [1.54, 1.807) is 20.1 Å². The number of methoxy groups -OCH3 is 1. The highest BCUT2D eigenvalue weighted by molar-refractivity contribution is 5.85. The van der Waals surface area contributed by atoms with Gasteiger partial charge in [0.2, 0.25) is 0 Å². The van der Waals surface area contributed by atoms with E-state index in [1.165, 1.54) is 6.29 Å². The first kappa shape index (κ1) is 35.9. The molecule has 6 fully saturated rings. The standard InChI is InChI=1S/C36H54O13/c1-18-32(49-33-31(42)30(41)29(40)26(15-37)48-33)25(44-3)14-28(46-18)47-21-6-10-35(17-38)20(13-21)4-5-24-23(35)7-9-34(2)22(8-11-36(24,34)43)19-12-27(39)45-16-19/h12,17-18,20-26,28-33,37,40-43H,4-11,13-16H2,1-3H3/t18-,20?,21+,22-,23+,24-,25+,26-,28+,29-,30+,31-,32-,33+,34-,35-,36+/m1/s1. The predicted octanol–water partition coefficient (Wildman–Crippen LogP) is 1.14. The minimum atomic E-state index is -1.56. The van der Waals surface area contributed by atoms with Crippen LogP contribution in [0.4, 0.5) is 0 Å². The minimum absolute atomic E-state index is 0.0272. The molecule has 0 aromatic heterocycles. The van der Waals surface area contributed by atoms with Crippen LogP contribution in [0.25, 0.3) is 0 Å². The smallest absolute Gasteiger partial charge is 0.331 e. The lowest BCUT2D eigenvalue weighted by Gasteiger charge is -2.63. The van der Waals surface area contributed by atoms with Crippen molar-refractivity contribution in [2.75, 3.05) is 20.3 Å². The third-order valence-corrected chi connectivity index (χ3v) is 14.1. The second-order valence-corrected chi connectivity index (χ2v) is 16.1. The molecule has 49 heavy (non-hydrogen) atoms. The third-order valence-electron chi connectivity index (χ3n) is 14.1. The quantitative estimate of drug-likeness (QED) is 0.138. The van der Waals surface area contributed by atoms with Crippen molar-refractivity contribution in [1.29, 1.82) is 0 Å². The van der Waals surface area contributed by atoms with E-state index in [2.05, 4.69) is 6.92 Å². The summed E-state index contributed by atoms with van der Waals surface area (Å²) >= 11 is 0. The molecule has 2 saturated heterocycles. The molecule has 0 radical (unpaired) electrons. The lowest BCUT2D eigenvalue weighted by molar-refractivity contribution is -0.345. The summed E-state index contributed by atoms with van der Waals surface area (Å²) in [5.41, 5.74) is -0.761. The summed E-state index contributed by atoms with van der Waals surface area (Å²) < 4.78 is 35.4. The van der Waals surface area contributed by atoms with Crippen LogP contribution in [-0.4, -0.2) is 125 Å². The van der Waals surface area contributed by atoms with Crippen LogP contribution in [0.1, 0.15) is 78.1 Å². The second-order valence-electron chi connectivity index (χ2n) is 16.1. The monoisotopic (exact) mass is 694 g/mol. The van der Waals surface area contributed by atoms with Gasteiger partial charge in [-0.15, -0.1) is 0 Å². The van der Waals surface area contributed by atoms with Crippen LogP contribution in [0.3, 0.4) is 0 Å². The number of aldehydes is 1. The first-order valence-electron chi connectivity index (χ1n) is 18.2. The maximum Gasteiger partial charge on any atom is 0.331 e. The molecule has 0 aromatic carbocycles. The van der Waals surface area contributed by atoms with E-state index in [0.717, 1.165) is 44.1 Å². The van der Waals surface area contributed by atoms with E-state index in [4.69, 9.17) is 28.4 Å². The van der Waals surface area contributed by atoms with Gasteiger partial charge in [0.15, 0.2) is 12.6 Å². The van der Waals surface area contributed by atoms with Crippen molar-refractivity contribution in [3.05, 3.63) is 11.6 Å². The Morgan fingerprint density at radius 2 is 1.76 bits per heavy atom. The minimum Gasteiger partial charge on any atom is -0.458 e. The van der Waals surface area contributed by atoms with Crippen molar-refractivity contribution < 1.29 is 63.5 Å². The van der Waals surface area contributed by atoms with Crippen molar-refractivity contribution in [2.45, 2.75) is 145 Å². The van der Waals surface area contributed by atoms with E-state index in [0.29, 0.717) is 32.3 Å². The molecule has 13 nitrogen and oxygen atoms in total. The SMILES string of the molecule is CO[C@H]1C[C@H](O[C@H]2CC[C@@]3(C=O)C(CC[C@@H]4[C@@H]3CC[C@]3(C)[C@@H](C5=CC(=O)OC5)CC[C@]43O)C2)O[C@H](C)[C@H]1O[C@@H]1O[C@H](CO)[C@@H](O)[C@H](O)[C@H]1O. The largest absolute Gasteiger partial charge is 0.458 e. The molecule has 7 aliphatic rings. The summed E-state index contributed by atoms with van der Waals surface area (Å²) in [6, 6.07) is 0. The fourth-order valence-electron chi connectivity index (χ4n) is 11.5. The highest BCUT2D eigenvalue weighted by atomic mass is 16.7. The number of esters is 1. The Morgan fingerprint density at radius 3 is 2.45 bits per heavy atom. The van der Waals surface area contributed by atoms with E-state index in [-0.39, 0.29) is 41.2 Å². The summed E-state index contributed by atoms with van der Waals surface area (Å²) in [4.78, 5) is 25.1. The van der Waals surface area contributed by atoms with Gasteiger partial charge in [-0.2, -0.15) is 0 Å². The molecule has 0 bridgehead atoms. The average Bonchev–Trinajstić information content (AvgIpc) is 3.64. The number of cyclic esters (lactones) is 1. The van der Waals surface area contributed by atoms with Gasteiger partial charge in [0.05, 0.1) is 30.5 Å². The number of hydrogen-bond acceptors (Lipinski definition) is 13. The lowest BCUT2D eigenvalue weighted by atomic mass is 9.43. The molecule has 276 valence electrons. The molecular formula is C36H54O13. The first-order valence-corrected chi connectivity index (χ1v) is 18.2. The Balaban J connectivity index is 0.990. The summed E-state index contributed by atoms with van der Waals surface area (Å²) in [5.74, 6) is 0.0740. The Morgan fingerprint density at radius 1 is 0.959 bits per heavy atom. The number of carbonyl (C=O) groups is 2. The average molecular weight is 695 g/mol. The predicted molar refractivity (Wildman–Crippen MR) is 169 cm³/mol. The Kier molecular flexibility index (Phi) is 9.86. The molecule has 4 saturated carbocycles. The van der Waals surface area contributed by atoms with Gasteiger partial charge in [-0.3, -0.25) is 0 Å². The number of carbonyl (C=O) groups excluding carboxylic acids is 2. The van der Waals surface area contributed by atoms with Crippen molar-refractivity contribution >= 4 is 12.3 Å². The molecule has 0 spiro atoms. The fraction of sp³-hybridized carbons (Fsp3) is 0.889. The number of rotatable bonds is 8. The topological polar surface area (TPSA) is 191 Å². The zero-order valence-electron chi connectivity index (χ0n) is 28.7.